The first kappa shape index (κ1) is 18.2. The maximum absolute atomic E-state index is 12.2. The fourth-order valence-electron chi connectivity index (χ4n) is 6.06. The van der Waals surface area contributed by atoms with Crippen molar-refractivity contribution in [2.45, 2.75) is 50.5 Å². The molecule has 4 aliphatic rings. The SMILES string of the molecule is Nc1c(NNC(=O)Cc2ccccc2)ncnc1NC12CC3CC(CC(C3)C1)C2. The standard InChI is InChI=1S/C22H28N6O/c23-19-20(26-22-10-15-6-16(11-22)8-17(7-15)12-22)24-13-25-21(19)28-27-18(29)9-14-4-2-1-3-5-14/h1-5,13,15-17H,6-12,23H2,(H,27,29)(H2,24,25,26,28). The molecule has 5 N–H and O–H groups in total. The molecule has 7 nitrogen and oxygen atoms in total. The number of nitrogens with two attached hydrogens (primary N) is 1. The van der Waals surface area contributed by atoms with Crippen LogP contribution in [-0.4, -0.2) is 21.4 Å². The van der Waals surface area contributed by atoms with Gasteiger partial charge in [-0.05, 0) is 61.8 Å². The predicted molar refractivity (Wildman–Crippen MR) is 113 cm³/mol. The van der Waals surface area contributed by atoms with E-state index < -0.39 is 0 Å². The number of benzene rings is 1. The van der Waals surface area contributed by atoms with E-state index in [1.165, 1.54) is 44.9 Å². The van der Waals surface area contributed by atoms with E-state index in [4.69, 9.17) is 5.73 Å². The van der Waals surface area contributed by atoms with Gasteiger partial charge in [0.1, 0.15) is 12.0 Å². The predicted octanol–water partition coefficient (Wildman–Crippen LogP) is 3.13. The van der Waals surface area contributed by atoms with Crippen LogP contribution in [0.3, 0.4) is 0 Å². The van der Waals surface area contributed by atoms with Crippen molar-refractivity contribution in [3.05, 3.63) is 42.2 Å². The van der Waals surface area contributed by atoms with E-state index in [1.807, 2.05) is 30.3 Å². The number of hydrazine groups is 1. The zero-order valence-corrected chi connectivity index (χ0v) is 16.5. The molecule has 1 aromatic carbocycles. The Labute approximate surface area is 170 Å². The molecule has 6 rings (SSSR count). The van der Waals surface area contributed by atoms with Crippen LogP contribution in [0, 0.1) is 17.8 Å². The van der Waals surface area contributed by atoms with Crippen LogP contribution in [0.5, 0.6) is 0 Å². The Kier molecular flexibility index (Phi) is 4.53. The summed E-state index contributed by atoms with van der Waals surface area (Å²) >= 11 is 0. The molecule has 29 heavy (non-hydrogen) atoms. The molecular weight excluding hydrogens is 364 g/mol. The van der Waals surface area contributed by atoms with Crippen molar-refractivity contribution >= 4 is 23.2 Å². The second kappa shape index (κ2) is 7.21. The summed E-state index contributed by atoms with van der Waals surface area (Å²) in [7, 11) is 0. The lowest BCUT2D eigenvalue weighted by Gasteiger charge is -2.57. The summed E-state index contributed by atoms with van der Waals surface area (Å²) in [6.07, 6.45) is 9.57. The Hall–Kier alpha value is -2.83. The van der Waals surface area contributed by atoms with Gasteiger partial charge in [0.2, 0.25) is 5.91 Å². The smallest absolute Gasteiger partial charge is 0.242 e. The van der Waals surface area contributed by atoms with Crippen LogP contribution in [0.4, 0.5) is 17.3 Å². The third-order valence-corrected chi connectivity index (χ3v) is 6.83. The summed E-state index contributed by atoms with van der Waals surface area (Å²) in [5.74, 6) is 3.46. The van der Waals surface area contributed by atoms with Gasteiger partial charge in [-0.1, -0.05) is 30.3 Å². The van der Waals surface area contributed by atoms with E-state index in [0.29, 0.717) is 17.3 Å². The number of amides is 1. The maximum Gasteiger partial charge on any atom is 0.242 e. The molecule has 0 unspecified atom stereocenters. The Morgan fingerprint density at radius 2 is 1.62 bits per heavy atom. The van der Waals surface area contributed by atoms with Crippen LogP contribution in [0.15, 0.2) is 36.7 Å². The van der Waals surface area contributed by atoms with Crippen LogP contribution < -0.4 is 21.9 Å². The lowest BCUT2D eigenvalue weighted by atomic mass is 9.53. The Morgan fingerprint density at radius 3 is 2.28 bits per heavy atom. The fraction of sp³-hybridized carbons (Fsp3) is 0.500. The van der Waals surface area contributed by atoms with Gasteiger partial charge in [0, 0.05) is 5.54 Å². The summed E-state index contributed by atoms with van der Waals surface area (Å²) in [5.41, 5.74) is 13.4. The second-order valence-electron chi connectivity index (χ2n) is 9.14. The molecule has 4 aliphatic carbocycles. The molecule has 0 saturated heterocycles. The number of aromatic nitrogens is 2. The molecule has 152 valence electrons. The summed E-state index contributed by atoms with van der Waals surface area (Å²) in [5, 5.41) is 3.69. The van der Waals surface area contributed by atoms with Crippen molar-refractivity contribution in [1.82, 2.24) is 15.4 Å². The monoisotopic (exact) mass is 392 g/mol. The molecule has 1 amide bonds. The number of nitrogen functional groups attached to an aromatic ring is 1. The van der Waals surface area contributed by atoms with Gasteiger partial charge in [-0.3, -0.25) is 15.6 Å². The van der Waals surface area contributed by atoms with Crippen LogP contribution in [0.1, 0.15) is 44.1 Å². The number of hydrogen-bond donors (Lipinski definition) is 4. The van der Waals surface area contributed by atoms with Crippen LogP contribution in [0.2, 0.25) is 0 Å². The van der Waals surface area contributed by atoms with Gasteiger partial charge in [0.05, 0.1) is 6.42 Å². The molecule has 0 atom stereocenters. The zero-order chi connectivity index (χ0) is 19.8. The number of rotatable bonds is 6. The average molecular weight is 393 g/mol. The van der Waals surface area contributed by atoms with Crippen LogP contribution in [0.25, 0.3) is 0 Å². The molecule has 7 heteroatoms. The molecule has 0 radical (unpaired) electrons. The Bertz CT molecular complexity index is 864. The number of carbonyl (C=O) groups is 1. The molecule has 2 aromatic rings. The highest BCUT2D eigenvalue weighted by Gasteiger charge is 2.51. The third kappa shape index (κ3) is 3.73. The molecular formula is C22H28N6O. The van der Waals surface area contributed by atoms with E-state index >= 15 is 0 Å². The average Bonchev–Trinajstić information content (AvgIpc) is 2.68. The van der Waals surface area contributed by atoms with Gasteiger partial charge >= 0.3 is 0 Å². The number of nitrogens with zero attached hydrogens (tertiary/aromatic N) is 2. The van der Waals surface area contributed by atoms with Crippen LogP contribution >= 0.6 is 0 Å². The lowest BCUT2D eigenvalue weighted by Crippen LogP contribution is -2.55. The van der Waals surface area contributed by atoms with E-state index in [0.717, 1.165) is 23.3 Å². The molecule has 0 spiro atoms. The highest BCUT2D eigenvalue weighted by atomic mass is 16.2. The molecule has 1 heterocycles. The highest BCUT2D eigenvalue weighted by molar-refractivity contribution is 5.81. The van der Waals surface area contributed by atoms with Crippen molar-refractivity contribution in [3.63, 3.8) is 0 Å². The quantitative estimate of drug-likeness (QED) is 0.563. The number of hydrogen-bond acceptors (Lipinski definition) is 6. The first-order valence-corrected chi connectivity index (χ1v) is 10.6. The van der Waals surface area contributed by atoms with Crippen molar-refractivity contribution in [3.8, 4) is 0 Å². The summed E-state index contributed by atoms with van der Waals surface area (Å²) in [4.78, 5) is 20.8. The maximum atomic E-state index is 12.2. The summed E-state index contributed by atoms with van der Waals surface area (Å²) < 4.78 is 0. The molecule has 1 aromatic heterocycles. The minimum atomic E-state index is -0.148. The minimum absolute atomic E-state index is 0.116. The van der Waals surface area contributed by atoms with Crippen molar-refractivity contribution in [2.24, 2.45) is 17.8 Å². The van der Waals surface area contributed by atoms with E-state index in [9.17, 15) is 4.79 Å². The van der Waals surface area contributed by atoms with E-state index in [2.05, 4.69) is 26.1 Å². The van der Waals surface area contributed by atoms with Crippen molar-refractivity contribution in [2.75, 3.05) is 16.5 Å². The zero-order valence-electron chi connectivity index (χ0n) is 16.5. The van der Waals surface area contributed by atoms with Gasteiger partial charge in [0.25, 0.3) is 0 Å². The normalized spacial score (nSPS) is 29.4. The second-order valence-corrected chi connectivity index (χ2v) is 9.14. The van der Waals surface area contributed by atoms with Crippen molar-refractivity contribution in [1.29, 1.82) is 0 Å². The van der Waals surface area contributed by atoms with Gasteiger partial charge in [-0.25, -0.2) is 9.97 Å². The van der Waals surface area contributed by atoms with Crippen LogP contribution in [-0.2, 0) is 11.2 Å². The highest BCUT2D eigenvalue weighted by Crippen LogP contribution is 2.56. The van der Waals surface area contributed by atoms with Crippen molar-refractivity contribution < 1.29 is 4.79 Å². The Balaban J connectivity index is 1.25. The molecule has 4 fully saturated rings. The van der Waals surface area contributed by atoms with Gasteiger partial charge in [-0.2, -0.15) is 0 Å². The van der Waals surface area contributed by atoms with Gasteiger partial charge in [-0.15, -0.1) is 0 Å². The molecule has 4 saturated carbocycles. The van der Waals surface area contributed by atoms with Gasteiger partial charge < -0.3 is 11.1 Å². The summed E-state index contributed by atoms with van der Waals surface area (Å²) in [6, 6.07) is 9.61. The summed E-state index contributed by atoms with van der Waals surface area (Å²) in [6.45, 7) is 0. The van der Waals surface area contributed by atoms with Gasteiger partial charge in [0.15, 0.2) is 11.6 Å². The number of carbonyl (C=O) groups excluding carboxylic acids is 1. The largest absolute Gasteiger partial charge is 0.393 e. The number of nitrogens with one attached hydrogen (secondary N) is 3. The molecule has 4 bridgehead atoms. The first-order chi connectivity index (χ1) is 14.1. The minimum Gasteiger partial charge on any atom is -0.393 e. The van der Waals surface area contributed by atoms with E-state index in [-0.39, 0.29) is 17.9 Å². The number of anilines is 3. The first-order valence-electron chi connectivity index (χ1n) is 10.6. The Morgan fingerprint density at radius 1 is 1.00 bits per heavy atom. The van der Waals surface area contributed by atoms with E-state index in [1.54, 1.807) is 0 Å². The fourth-order valence-corrected chi connectivity index (χ4v) is 6.06. The molecule has 0 aliphatic heterocycles. The third-order valence-electron chi connectivity index (χ3n) is 6.83. The topological polar surface area (TPSA) is 105 Å². The lowest BCUT2D eigenvalue weighted by molar-refractivity contribution is -0.119.